The molecule has 1 rings (SSSR count). The number of hydrogen-bond donors (Lipinski definition) is 1. The highest BCUT2D eigenvalue weighted by Gasteiger charge is 2.21. The van der Waals surface area contributed by atoms with Gasteiger partial charge in [-0.3, -0.25) is 4.55 Å². The topological polar surface area (TPSA) is 60.4 Å². The van der Waals surface area contributed by atoms with Crippen LogP contribution in [0, 0.1) is 0 Å². The Morgan fingerprint density at radius 2 is 1.45 bits per heavy atom. The van der Waals surface area contributed by atoms with Crippen molar-refractivity contribution >= 4 is 19.4 Å². The molecule has 1 N–H and O–H groups in total. The van der Waals surface area contributed by atoms with Crippen LogP contribution in [0.5, 0.6) is 0 Å². The quantitative estimate of drug-likeness (QED) is 0.847. The highest BCUT2D eigenvalue weighted by molar-refractivity contribution is 8.33. The van der Waals surface area contributed by atoms with E-state index >= 15 is 0 Å². The molecule has 0 heterocycles. The van der Waals surface area contributed by atoms with Gasteiger partial charge in [0.05, 0.1) is 0 Å². The maximum atomic E-state index is 10.9. The van der Waals surface area contributed by atoms with Crippen molar-refractivity contribution in [1.82, 2.24) is 0 Å². The second-order valence-corrected chi connectivity index (χ2v) is 10.5. The van der Waals surface area contributed by atoms with E-state index < -0.39 is 9.05 Å². The zero-order chi connectivity index (χ0) is 15.8. The van der Waals surface area contributed by atoms with Crippen LogP contribution in [-0.4, -0.2) is 13.3 Å². The van der Waals surface area contributed by atoms with Gasteiger partial charge in [0.2, 0.25) is 5.75 Å². The van der Waals surface area contributed by atoms with E-state index in [-0.39, 0.29) is 16.6 Å². The van der Waals surface area contributed by atoms with Crippen molar-refractivity contribution in [2.24, 2.45) is 0 Å². The van der Waals surface area contributed by atoms with E-state index in [0.29, 0.717) is 10.3 Å². The summed E-state index contributed by atoms with van der Waals surface area (Å²) >= 11 is 0. The molecular weight excluding hydrogens is 292 g/mol. The summed E-state index contributed by atoms with van der Waals surface area (Å²) in [4.78, 5) is 0. The van der Waals surface area contributed by atoms with E-state index in [1.165, 1.54) is 11.1 Å². The third kappa shape index (κ3) is 5.48. The summed E-state index contributed by atoms with van der Waals surface area (Å²) in [6.07, 6.45) is 0. The number of benzene rings is 1. The van der Waals surface area contributed by atoms with E-state index in [1.54, 1.807) is 0 Å². The first-order valence-electron chi connectivity index (χ1n) is 6.56. The summed E-state index contributed by atoms with van der Waals surface area (Å²) in [6, 6.07) is 6.22. The molecule has 0 aliphatic heterocycles. The SMILES string of the molecule is CC(C)(C)c1cc(C[S+]=S(=O)([O-])O)cc(C(C)(C)C)c1. The smallest absolute Gasteiger partial charge is 0.257 e. The van der Waals surface area contributed by atoms with Crippen LogP contribution in [0.4, 0.5) is 0 Å². The minimum Gasteiger partial charge on any atom is -0.712 e. The van der Waals surface area contributed by atoms with E-state index in [0.717, 1.165) is 5.56 Å². The minimum absolute atomic E-state index is 0.00122. The standard InChI is InChI=1S/C15H24O3S2/c1-14(2,3)12-7-11(10-19-20(16,17)18)8-13(9-12)15(4,5)6/h7-9H,10H2,1-6H3,(H-,16,17,18). The van der Waals surface area contributed by atoms with Crippen LogP contribution in [0.15, 0.2) is 18.2 Å². The lowest BCUT2D eigenvalue weighted by atomic mass is 9.80. The molecule has 0 spiro atoms. The molecule has 0 fully saturated rings. The molecule has 0 amide bonds. The molecule has 5 heteroatoms. The van der Waals surface area contributed by atoms with Crippen LogP contribution in [0.1, 0.15) is 58.2 Å². The normalized spacial score (nSPS) is 15.8. The molecule has 0 saturated heterocycles. The Labute approximate surface area is 126 Å². The van der Waals surface area contributed by atoms with Crippen molar-refractivity contribution in [1.29, 1.82) is 0 Å². The monoisotopic (exact) mass is 316 g/mol. The summed E-state index contributed by atoms with van der Waals surface area (Å²) in [5, 5.41) is 0. The van der Waals surface area contributed by atoms with Crippen LogP contribution in [-0.2, 0) is 36.0 Å². The van der Waals surface area contributed by atoms with Crippen molar-refractivity contribution in [3.8, 4) is 0 Å². The summed E-state index contributed by atoms with van der Waals surface area (Å²) < 4.78 is 30.6. The third-order valence-corrected chi connectivity index (χ3v) is 5.10. The number of rotatable bonds is 2. The van der Waals surface area contributed by atoms with E-state index in [9.17, 15) is 8.76 Å². The van der Waals surface area contributed by atoms with Crippen molar-refractivity contribution in [3.63, 3.8) is 0 Å². The molecule has 0 saturated carbocycles. The molecule has 1 atom stereocenters. The zero-order valence-corrected chi connectivity index (χ0v) is 14.7. The van der Waals surface area contributed by atoms with Crippen LogP contribution in [0.3, 0.4) is 0 Å². The lowest BCUT2D eigenvalue weighted by Crippen LogP contribution is -2.17. The van der Waals surface area contributed by atoms with Gasteiger partial charge in [-0.15, -0.1) is 0 Å². The van der Waals surface area contributed by atoms with Gasteiger partial charge in [-0.05, 0) is 34.1 Å². The summed E-state index contributed by atoms with van der Waals surface area (Å²) in [7, 11) is -3.45. The Hall–Kier alpha value is -0.490. The molecule has 0 radical (unpaired) electrons. The predicted octanol–water partition coefficient (Wildman–Crippen LogP) is 3.67. The molecule has 114 valence electrons. The highest BCUT2D eigenvalue weighted by atomic mass is 32.9. The van der Waals surface area contributed by atoms with Gasteiger partial charge in [0, 0.05) is 5.56 Å². The largest absolute Gasteiger partial charge is 0.712 e. The van der Waals surface area contributed by atoms with E-state index in [4.69, 9.17) is 4.55 Å². The lowest BCUT2D eigenvalue weighted by molar-refractivity contribution is 0.432. The van der Waals surface area contributed by atoms with Gasteiger partial charge in [-0.1, -0.05) is 47.6 Å². The molecular formula is C15H24O3S2. The fourth-order valence-corrected chi connectivity index (χ4v) is 3.09. The van der Waals surface area contributed by atoms with Crippen molar-refractivity contribution < 1.29 is 13.3 Å². The van der Waals surface area contributed by atoms with Crippen molar-refractivity contribution in [2.75, 3.05) is 0 Å². The fourth-order valence-electron chi connectivity index (χ4n) is 1.78. The Morgan fingerprint density at radius 3 is 1.75 bits per heavy atom. The van der Waals surface area contributed by atoms with Gasteiger partial charge >= 0.3 is 0 Å². The van der Waals surface area contributed by atoms with Gasteiger partial charge in [-0.2, -0.15) is 4.21 Å². The molecule has 0 aromatic heterocycles. The molecule has 1 unspecified atom stereocenters. The summed E-state index contributed by atoms with van der Waals surface area (Å²) in [5.41, 5.74) is 3.27. The van der Waals surface area contributed by atoms with E-state index in [1.807, 2.05) is 12.1 Å². The van der Waals surface area contributed by atoms with Crippen LogP contribution in [0.25, 0.3) is 0 Å². The fraction of sp³-hybridized carbons (Fsp3) is 0.600. The van der Waals surface area contributed by atoms with Crippen LogP contribution in [0.2, 0.25) is 0 Å². The molecule has 0 aliphatic rings. The molecule has 20 heavy (non-hydrogen) atoms. The van der Waals surface area contributed by atoms with Crippen LogP contribution < -0.4 is 0 Å². The average Bonchev–Trinajstić information content (AvgIpc) is 2.22. The van der Waals surface area contributed by atoms with Gasteiger partial charge < -0.3 is 4.55 Å². The zero-order valence-electron chi connectivity index (χ0n) is 13.0. The highest BCUT2D eigenvalue weighted by Crippen LogP contribution is 2.30. The van der Waals surface area contributed by atoms with Crippen LogP contribution >= 0.6 is 0 Å². The van der Waals surface area contributed by atoms with Crippen molar-refractivity contribution in [3.05, 3.63) is 34.9 Å². The molecule has 0 aliphatic carbocycles. The molecule has 0 bridgehead atoms. The van der Waals surface area contributed by atoms with Crippen molar-refractivity contribution in [2.45, 2.75) is 58.1 Å². The molecule has 1 aromatic rings. The minimum atomic E-state index is -4.00. The van der Waals surface area contributed by atoms with Gasteiger partial charge in [-0.25, -0.2) is 0 Å². The first-order chi connectivity index (χ1) is 8.79. The Morgan fingerprint density at radius 1 is 1.05 bits per heavy atom. The van der Waals surface area contributed by atoms with E-state index in [2.05, 4.69) is 47.6 Å². The molecule has 1 aromatic carbocycles. The summed E-state index contributed by atoms with van der Waals surface area (Å²) in [5.74, 6) is 0.256. The Kier molecular flexibility index (Phi) is 5.02. The predicted molar refractivity (Wildman–Crippen MR) is 86.5 cm³/mol. The van der Waals surface area contributed by atoms with Gasteiger partial charge in [0.15, 0.2) is 0 Å². The first kappa shape index (κ1) is 17.6. The second-order valence-electron chi connectivity index (χ2n) is 7.11. The Balaban J connectivity index is 3.35. The van der Waals surface area contributed by atoms with Gasteiger partial charge in [0.25, 0.3) is 19.4 Å². The maximum Gasteiger partial charge on any atom is 0.257 e. The Bertz CT molecular complexity index is 558. The molecule has 3 nitrogen and oxygen atoms in total. The summed E-state index contributed by atoms with van der Waals surface area (Å²) in [6.45, 7) is 12.8. The lowest BCUT2D eigenvalue weighted by Gasteiger charge is -2.25. The first-order valence-corrected chi connectivity index (χ1v) is 9.50. The van der Waals surface area contributed by atoms with Gasteiger partial charge in [0.1, 0.15) is 0 Å². The average molecular weight is 316 g/mol. The second kappa shape index (κ2) is 5.72. The maximum absolute atomic E-state index is 10.9. The number of hydrogen-bond acceptors (Lipinski definition) is 2. The third-order valence-electron chi connectivity index (χ3n) is 3.10.